The van der Waals surface area contributed by atoms with E-state index in [1.807, 2.05) is 40.1 Å². The summed E-state index contributed by atoms with van der Waals surface area (Å²) in [5.41, 5.74) is 0.907. The van der Waals surface area contributed by atoms with Gasteiger partial charge in [-0.1, -0.05) is 18.2 Å². The Morgan fingerprint density at radius 2 is 1.65 bits per heavy atom. The maximum absolute atomic E-state index is 12.4. The Hall–Kier alpha value is -2.89. The van der Waals surface area contributed by atoms with Crippen molar-refractivity contribution in [2.24, 2.45) is 0 Å². The molecule has 0 aliphatic carbocycles. The van der Waals surface area contributed by atoms with Gasteiger partial charge < -0.3 is 14.9 Å². The molecule has 6 nitrogen and oxygen atoms in total. The molecule has 0 radical (unpaired) electrons. The Bertz CT molecular complexity index is 710. The summed E-state index contributed by atoms with van der Waals surface area (Å²) in [4.78, 5) is 31.5. The second-order valence-corrected chi connectivity index (χ2v) is 5.35. The smallest absolute Gasteiger partial charge is 0.335 e. The summed E-state index contributed by atoms with van der Waals surface area (Å²) in [7, 11) is 0. The molecule has 1 aromatic heterocycles. The van der Waals surface area contributed by atoms with Crippen LogP contribution in [0.25, 0.3) is 0 Å². The number of hydrogen-bond donors (Lipinski definition) is 1. The number of anilines is 1. The van der Waals surface area contributed by atoms with Crippen molar-refractivity contribution in [2.75, 3.05) is 31.1 Å². The van der Waals surface area contributed by atoms with Gasteiger partial charge in [0.25, 0.3) is 5.91 Å². The zero-order valence-electron chi connectivity index (χ0n) is 12.6. The van der Waals surface area contributed by atoms with Gasteiger partial charge in [-0.05, 0) is 24.3 Å². The van der Waals surface area contributed by atoms with Crippen molar-refractivity contribution in [3.63, 3.8) is 0 Å². The van der Waals surface area contributed by atoms with Crippen LogP contribution in [0.1, 0.15) is 20.7 Å². The molecule has 2 heterocycles. The fraction of sp³-hybridized carbons (Fsp3) is 0.235. The minimum atomic E-state index is -0.966. The molecule has 23 heavy (non-hydrogen) atoms. The topological polar surface area (TPSA) is 73.7 Å². The molecule has 1 saturated heterocycles. The lowest BCUT2D eigenvalue weighted by molar-refractivity contribution is 0.0696. The summed E-state index contributed by atoms with van der Waals surface area (Å²) in [6, 6.07) is 12.3. The second kappa shape index (κ2) is 6.48. The van der Waals surface area contributed by atoms with Crippen LogP contribution in [-0.4, -0.2) is 53.0 Å². The van der Waals surface area contributed by atoms with Crippen LogP contribution in [0.15, 0.2) is 48.7 Å². The van der Waals surface area contributed by atoms with E-state index < -0.39 is 5.97 Å². The van der Waals surface area contributed by atoms with E-state index in [0.29, 0.717) is 37.6 Å². The van der Waals surface area contributed by atoms with Gasteiger partial charge in [-0.15, -0.1) is 0 Å². The third kappa shape index (κ3) is 3.31. The van der Waals surface area contributed by atoms with Crippen molar-refractivity contribution >= 4 is 17.7 Å². The number of nitrogens with zero attached hydrogens (tertiary/aromatic N) is 3. The van der Waals surface area contributed by atoms with Crippen molar-refractivity contribution in [1.82, 2.24) is 9.88 Å². The molecule has 0 spiro atoms. The molecule has 0 bridgehead atoms. The predicted octanol–water partition coefficient (Wildman–Crippen LogP) is 1.74. The maximum Gasteiger partial charge on any atom is 0.335 e. The number of amides is 1. The number of carbonyl (C=O) groups excluding carboxylic acids is 1. The van der Waals surface area contributed by atoms with Crippen molar-refractivity contribution in [3.8, 4) is 0 Å². The van der Waals surface area contributed by atoms with Crippen molar-refractivity contribution in [1.29, 1.82) is 0 Å². The highest BCUT2D eigenvalue weighted by molar-refractivity contribution is 5.94. The molecule has 3 rings (SSSR count). The summed E-state index contributed by atoms with van der Waals surface area (Å²) in [6.45, 7) is 2.45. The largest absolute Gasteiger partial charge is 0.478 e. The van der Waals surface area contributed by atoms with E-state index in [-0.39, 0.29) is 11.5 Å². The Labute approximate surface area is 134 Å². The van der Waals surface area contributed by atoms with Crippen LogP contribution >= 0.6 is 0 Å². The number of hydrogen-bond acceptors (Lipinski definition) is 4. The molecule has 1 aliphatic heterocycles. The number of rotatable bonds is 3. The molecule has 0 unspecified atom stereocenters. The Morgan fingerprint density at radius 1 is 0.957 bits per heavy atom. The number of carbonyl (C=O) groups is 2. The highest BCUT2D eigenvalue weighted by Gasteiger charge is 2.23. The van der Waals surface area contributed by atoms with Gasteiger partial charge >= 0.3 is 5.97 Å². The van der Waals surface area contributed by atoms with Gasteiger partial charge in [0.15, 0.2) is 0 Å². The van der Waals surface area contributed by atoms with Gasteiger partial charge in [0.1, 0.15) is 5.82 Å². The number of benzene rings is 1. The second-order valence-electron chi connectivity index (χ2n) is 5.35. The van der Waals surface area contributed by atoms with Gasteiger partial charge in [-0.25, -0.2) is 9.78 Å². The van der Waals surface area contributed by atoms with Gasteiger partial charge in [0.2, 0.25) is 0 Å². The van der Waals surface area contributed by atoms with Gasteiger partial charge in [0.05, 0.1) is 5.56 Å². The highest BCUT2D eigenvalue weighted by Crippen LogP contribution is 2.16. The first kappa shape index (κ1) is 15.0. The monoisotopic (exact) mass is 311 g/mol. The average molecular weight is 311 g/mol. The third-order valence-corrected chi connectivity index (χ3v) is 3.90. The third-order valence-electron chi connectivity index (χ3n) is 3.90. The van der Waals surface area contributed by atoms with Crippen LogP contribution in [0, 0.1) is 0 Å². The molecule has 0 atom stereocenters. The van der Waals surface area contributed by atoms with Crippen molar-refractivity contribution in [2.45, 2.75) is 0 Å². The SMILES string of the molecule is O=C(O)c1ccnc(N2CCN(C(=O)c3ccccc3)CC2)c1. The number of pyridine rings is 1. The van der Waals surface area contributed by atoms with Crippen LogP contribution < -0.4 is 4.90 Å². The first-order valence-corrected chi connectivity index (χ1v) is 7.44. The standard InChI is InChI=1S/C17H17N3O3/c21-16(13-4-2-1-3-5-13)20-10-8-19(9-11-20)15-12-14(17(22)23)6-7-18-15/h1-7,12H,8-11H2,(H,22,23). The van der Waals surface area contributed by atoms with Crippen LogP contribution in [0.5, 0.6) is 0 Å². The van der Waals surface area contributed by atoms with Crippen LogP contribution in [0.3, 0.4) is 0 Å². The van der Waals surface area contributed by atoms with Gasteiger partial charge in [-0.3, -0.25) is 4.79 Å². The average Bonchev–Trinajstić information content (AvgIpc) is 2.62. The molecule has 1 N–H and O–H groups in total. The van der Waals surface area contributed by atoms with E-state index in [1.54, 1.807) is 6.07 Å². The van der Waals surface area contributed by atoms with E-state index >= 15 is 0 Å². The maximum atomic E-state index is 12.4. The summed E-state index contributed by atoms with van der Waals surface area (Å²) in [5.74, 6) is -0.305. The van der Waals surface area contributed by atoms with Gasteiger partial charge in [0, 0.05) is 37.9 Å². The van der Waals surface area contributed by atoms with Crippen LogP contribution in [-0.2, 0) is 0 Å². The first-order valence-electron chi connectivity index (χ1n) is 7.44. The fourth-order valence-corrected chi connectivity index (χ4v) is 2.63. The molecular formula is C17H17N3O3. The lowest BCUT2D eigenvalue weighted by atomic mass is 10.2. The minimum absolute atomic E-state index is 0.0255. The number of carboxylic acids is 1. The van der Waals surface area contributed by atoms with Crippen LogP contribution in [0.4, 0.5) is 5.82 Å². The molecule has 6 heteroatoms. The number of carboxylic acid groups (broad SMARTS) is 1. The fourth-order valence-electron chi connectivity index (χ4n) is 2.63. The van der Waals surface area contributed by atoms with E-state index in [1.165, 1.54) is 12.3 Å². The molecule has 1 amide bonds. The Balaban J connectivity index is 1.66. The molecule has 1 fully saturated rings. The predicted molar refractivity (Wildman–Crippen MR) is 85.8 cm³/mol. The minimum Gasteiger partial charge on any atom is -0.478 e. The highest BCUT2D eigenvalue weighted by atomic mass is 16.4. The lowest BCUT2D eigenvalue weighted by Crippen LogP contribution is -2.49. The van der Waals surface area contributed by atoms with Crippen LogP contribution in [0.2, 0.25) is 0 Å². The lowest BCUT2D eigenvalue weighted by Gasteiger charge is -2.35. The van der Waals surface area contributed by atoms with E-state index in [0.717, 1.165) is 0 Å². The summed E-state index contributed by atoms with van der Waals surface area (Å²) < 4.78 is 0. The van der Waals surface area contributed by atoms with E-state index in [2.05, 4.69) is 4.98 Å². The van der Waals surface area contributed by atoms with E-state index in [9.17, 15) is 9.59 Å². The molecule has 2 aromatic rings. The summed E-state index contributed by atoms with van der Waals surface area (Å²) >= 11 is 0. The normalized spacial score (nSPS) is 14.6. The Morgan fingerprint density at radius 3 is 2.30 bits per heavy atom. The number of aromatic nitrogens is 1. The van der Waals surface area contributed by atoms with Gasteiger partial charge in [-0.2, -0.15) is 0 Å². The molecular weight excluding hydrogens is 294 g/mol. The first-order chi connectivity index (χ1) is 11.1. The number of aromatic carboxylic acids is 1. The summed E-state index contributed by atoms with van der Waals surface area (Å²) in [5, 5.41) is 9.05. The summed E-state index contributed by atoms with van der Waals surface area (Å²) in [6.07, 6.45) is 1.50. The molecule has 118 valence electrons. The van der Waals surface area contributed by atoms with Crippen molar-refractivity contribution < 1.29 is 14.7 Å². The Kier molecular flexibility index (Phi) is 4.23. The number of piperazine rings is 1. The molecule has 1 aromatic carbocycles. The van der Waals surface area contributed by atoms with Crippen molar-refractivity contribution in [3.05, 3.63) is 59.8 Å². The molecule has 1 aliphatic rings. The zero-order valence-corrected chi connectivity index (χ0v) is 12.6. The molecule has 0 saturated carbocycles. The quantitative estimate of drug-likeness (QED) is 0.934. The van der Waals surface area contributed by atoms with E-state index in [4.69, 9.17) is 5.11 Å². The zero-order chi connectivity index (χ0) is 16.2.